The van der Waals surface area contributed by atoms with Crippen molar-refractivity contribution in [1.29, 1.82) is 0 Å². The predicted octanol–water partition coefficient (Wildman–Crippen LogP) is 2.44. The van der Waals surface area contributed by atoms with Crippen LogP contribution in [0.3, 0.4) is 0 Å². The third-order valence-electron chi connectivity index (χ3n) is 3.70. The zero-order chi connectivity index (χ0) is 10.6. The van der Waals surface area contributed by atoms with Gasteiger partial charge in [-0.25, -0.2) is 10.1 Å². The van der Waals surface area contributed by atoms with Gasteiger partial charge in [-0.05, 0) is 25.2 Å². The van der Waals surface area contributed by atoms with E-state index in [1.807, 2.05) is 13.8 Å². The number of hydrazone groups is 1. The first-order valence-corrected chi connectivity index (χ1v) is 5.17. The molecule has 0 heterocycles. The quantitative estimate of drug-likeness (QED) is 0.384. The van der Waals surface area contributed by atoms with Gasteiger partial charge in [0, 0.05) is 5.41 Å². The second kappa shape index (κ2) is 2.69. The van der Waals surface area contributed by atoms with E-state index in [4.69, 9.17) is 11.6 Å². The third-order valence-corrected chi connectivity index (χ3v) is 4.22. The lowest BCUT2D eigenvalue weighted by Gasteiger charge is -2.31. The molecule has 2 unspecified atom stereocenters. The van der Waals surface area contributed by atoms with Crippen molar-refractivity contribution < 1.29 is 5.03 Å². The predicted molar refractivity (Wildman–Crippen MR) is 54.1 cm³/mol. The van der Waals surface area contributed by atoms with Crippen LogP contribution in [0.1, 0.15) is 33.1 Å². The van der Waals surface area contributed by atoms with Crippen LogP contribution in [0.15, 0.2) is 5.10 Å². The fourth-order valence-corrected chi connectivity index (χ4v) is 3.48. The Morgan fingerprint density at radius 2 is 2.29 bits per heavy atom. The Morgan fingerprint density at radius 1 is 1.64 bits per heavy atom. The minimum absolute atomic E-state index is 0.201. The van der Waals surface area contributed by atoms with Crippen LogP contribution in [0.25, 0.3) is 0 Å². The Balaban J connectivity index is 2.44. The zero-order valence-electron chi connectivity index (χ0n) is 8.29. The summed E-state index contributed by atoms with van der Waals surface area (Å²) in [6, 6.07) is 0. The SMILES string of the molecule is CC1(C)/C(=N\[N+](=O)[O-])C2(Cl)CCC1C2. The molecule has 2 aliphatic carbocycles. The summed E-state index contributed by atoms with van der Waals surface area (Å²) >= 11 is 6.36. The molecule has 2 bridgehead atoms. The van der Waals surface area contributed by atoms with Crippen LogP contribution in [-0.2, 0) is 0 Å². The van der Waals surface area contributed by atoms with Crippen LogP contribution in [-0.4, -0.2) is 15.6 Å². The normalized spacial score (nSPS) is 41.9. The first kappa shape index (κ1) is 9.90. The van der Waals surface area contributed by atoms with E-state index < -0.39 is 9.91 Å². The molecular weight excluding hydrogens is 204 g/mol. The van der Waals surface area contributed by atoms with Gasteiger partial charge in [0.2, 0.25) is 0 Å². The standard InChI is InChI=1S/C9H13ClN2O2/c1-8(2)6-3-4-9(10,5-6)7(8)11-12(13)14/h6H,3-5H2,1-2H3/b11-7+. The van der Waals surface area contributed by atoms with Gasteiger partial charge in [0.05, 0.1) is 9.98 Å². The van der Waals surface area contributed by atoms with E-state index in [-0.39, 0.29) is 5.41 Å². The largest absolute Gasteiger partial charge is 0.233 e. The molecule has 2 aliphatic rings. The number of fused-ring (bicyclic) bond motifs is 2. The van der Waals surface area contributed by atoms with Gasteiger partial charge < -0.3 is 0 Å². The minimum Gasteiger partial charge on any atom is -0.233 e. The molecule has 0 aromatic carbocycles. The highest BCUT2D eigenvalue weighted by molar-refractivity contribution is 6.38. The molecule has 14 heavy (non-hydrogen) atoms. The first-order chi connectivity index (χ1) is 6.36. The fraction of sp³-hybridized carbons (Fsp3) is 0.889. The van der Waals surface area contributed by atoms with E-state index in [2.05, 4.69) is 5.10 Å². The number of alkyl halides is 1. The van der Waals surface area contributed by atoms with E-state index in [1.54, 1.807) is 0 Å². The minimum atomic E-state index is -0.623. The van der Waals surface area contributed by atoms with Crippen molar-refractivity contribution in [3.63, 3.8) is 0 Å². The lowest BCUT2D eigenvalue weighted by atomic mass is 9.75. The highest BCUT2D eigenvalue weighted by atomic mass is 35.5. The molecule has 0 amide bonds. The summed E-state index contributed by atoms with van der Waals surface area (Å²) in [6.45, 7) is 4.01. The highest BCUT2D eigenvalue weighted by Crippen LogP contribution is 2.58. The Labute approximate surface area is 87.5 Å². The second-order valence-corrected chi connectivity index (χ2v) is 5.54. The number of nitro groups is 1. The van der Waals surface area contributed by atoms with Gasteiger partial charge in [-0.15, -0.1) is 11.6 Å². The summed E-state index contributed by atoms with van der Waals surface area (Å²) < 4.78 is 0. The van der Waals surface area contributed by atoms with Gasteiger partial charge in [-0.2, -0.15) is 0 Å². The molecule has 0 N–H and O–H groups in total. The van der Waals surface area contributed by atoms with Crippen LogP contribution >= 0.6 is 11.6 Å². The van der Waals surface area contributed by atoms with Crippen molar-refractivity contribution >= 4 is 17.3 Å². The molecule has 0 aliphatic heterocycles. The smallest absolute Gasteiger partial charge is 0.190 e. The van der Waals surface area contributed by atoms with Crippen molar-refractivity contribution in [1.82, 2.24) is 0 Å². The van der Waals surface area contributed by atoms with Gasteiger partial charge in [-0.1, -0.05) is 13.8 Å². The number of rotatable bonds is 1. The second-order valence-electron chi connectivity index (χ2n) is 4.81. The average Bonchev–Trinajstić information content (AvgIpc) is 2.49. The summed E-state index contributed by atoms with van der Waals surface area (Å²) in [7, 11) is 0. The molecule has 2 atom stereocenters. The number of hydrogen-bond donors (Lipinski definition) is 0. The fourth-order valence-electron chi connectivity index (χ4n) is 2.90. The van der Waals surface area contributed by atoms with Gasteiger partial charge >= 0.3 is 0 Å². The molecule has 2 saturated carbocycles. The maximum Gasteiger partial charge on any atom is 0.190 e. The summed E-state index contributed by atoms with van der Waals surface area (Å²) in [6.07, 6.45) is 2.73. The molecule has 78 valence electrons. The zero-order valence-corrected chi connectivity index (χ0v) is 9.04. The Hall–Kier alpha value is -0.640. The highest BCUT2D eigenvalue weighted by Gasteiger charge is 2.60. The Kier molecular flexibility index (Phi) is 1.90. The van der Waals surface area contributed by atoms with Crippen molar-refractivity contribution in [3.8, 4) is 0 Å². The van der Waals surface area contributed by atoms with Crippen LogP contribution in [0, 0.1) is 21.4 Å². The van der Waals surface area contributed by atoms with Crippen molar-refractivity contribution in [3.05, 3.63) is 10.1 Å². The average molecular weight is 217 g/mol. The molecule has 2 fully saturated rings. The number of nitrogens with zero attached hydrogens (tertiary/aromatic N) is 2. The summed E-state index contributed by atoms with van der Waals surface area (Å²) in [5.74, 6) is 0.457. The summed E-state index contributed by atoms with van der Waals surface area (Å²) in [5.41, 5.74) is 0.375. The maximum atomic E-state index is 10.4. The van der Waals surface area contributed by atoms with Crippen LogP contribution < -0.4 is 0 Å². The van der Waals surface area contributed by atoms with E-state index in [1.165, 1.54) is 0 Å². The molecule has 0 aromatic rings. The monoisotopic (exact) mass is 216 g/mol. The number of halogens is 1. The maximum absolute atomic E-state index is 10.4. The van der Waals surface area contributed by atoms with Gasteiger partial charge in [0.1, 0.15) is 5.71 Å². The lowest BCUT2D eigenvalue weighted by molar-refractivity contribution is -0.485. The molecule has 0 spiro atoms. The topological polar surface area (TPSA) is 55.5 Å². The molecule has 4 nitrogen and oxygen atoms in total. The van der Waals surface area contributed by atoms with Gasteiger partial charge in [-0.3, -0.25) is 0 Å². The summed E-state index contributed by atoms with van der Waals surface area (Å²) in [5, 5.41) is 13.3. The van der Waals surface area contributed by atoms with E-state index in [0.29, 0.717) is 11.6 Å². The van der Waals surface area contributed by atoms with Gasteiger partial charge in [0.25, 0.3) is 0 Å². The van der Waals surface area contributed by atoms with E-state index in [9.17, 15) is 10.1 Å². The van der Waals surface area contributed by atoms with E-state index >= 15 is 0 Å². The molecule has 0 radical (unpaired) electrons. The molecule has 0 saturated heterocycles. The van der Waals surface area contributed by atoms with Crippen molar-refractivity contribution in [2.45, 2.75) is 38.0 Å². The summed E-state index contributed by atoms with van der Waals surface area (Å²) in [4.78, 5) is 9.89. The van der Waals surface area contributed by atoms with Crippen molar-refractivity contribution in [2.75, 3.05) is 0 Å². The van der Waals surface area contributed by atoms with Crippen LogP contribution in [0.5, 0.6) is 0 Å². The third kappa shape index (κ3) is 1.16. The molecule has 5 heteroatoms. The van der Waals surface area contributed by atoms with Crippen LogP contribution in [0.2, 0.25) is 0 Å². The number of hydrogen-bond acceptors (Lipinski definition) is 2. The molecule has 2 rings (SSSR count). The van der Waals surface area contributed by atoms with Crippen molar-refractivity contribution in [2.24, 2.45) is 16.4 Å². The van der Waals surface area contributed by atoms with Crippen LogP contribution in [0.4, 0.5) is 0 Å². The Morgan fingerprint density at radius 3 is 2.71 bits per heavy atom. The lowest BCUT2D eigenvalue weighted by Crippen LogP contribution is -2.38. The molecular formula is C9H13ClN2O2. The molecule has 0 aromatic heterocycles. The van der Waals surface area contributed by atoms with Gasteiger partial charge in [0.15, 0.2) is 5.03 Å². The Bertz CT molecular complexity index is 320. The van der Waals surface area contributed by atoms with E-state index in [0.717, 1.165) is 19.3 Å². The first-order valence-electron chi connectivity index (χ1n) is 4.79.